The molecule has 0 bridgehead atoms. The van der Waals surface area contributed by atoms with E-state index in [1.165, 1.54) is 33.8 Å². The number of rotatable bonds is 4. The number of nitrogens with zero attached hydrogens (tertiary/aromatic N) is 6. The van der Waals surface area contributed by atoms with E-state index in [1.807, 2.05) is 23.0 Å². The van der Waals surface area contributed by atoms with Gasteiger partial charge in [0.15, 0.2) is 5.58 Å². The summed E-state index contributed by atoms with van der Waals surface area (Å²) in [6, 6.07) is 21.3. The van der Waals surface area contributed by atoms with Gasteiger partial charge in [-0.15, -0.1) is 23.3 Å². The topological polar surface area (TPSA) is 58.6 Å². The molecule has 0 fully saturated rings. The minimum absolute atomic E-state index is 0.856. The molecule has 48 heavy (non-hydrogen) atoms. The third-order valence-corrected chi connectivity index (χ3v) is 9.41. The lowest BCUT2D eigenvalue weighted by Crippen LogP contribution is -2.02. The zero-order valence-corrected chi connectivity index (χ0v) is 29.2. The maximum absolute atomic E-state index is 6.49. The van der Waals surface area contributed by atoms with Gasteiger partial charge >= 0.3 is 0 Å². The van der Waals surface area contributed by atoms with Crippen LogP contribution in [0, 0.1) is 0 Å². The first-order valence-electron chi connectivity index (χ1n) is 16.5. The van der Waals surface area contributed by atoms with E-state index in [9.17, 15) is 0 Å². The van der Waals surface area contributed by atoms with Gasteiger partial charge in [-0.05, 0) is 87.6 Å². The molecule has 0 aliphatic carbocycles. The van der Waals surface area contributed by atoms with Gasteiger partial charge in [-0.2, -0.15) is 10.2 Å². The van der Waals surface area contributed by atoms with E-state index in [4.69, 9.17) is 14.6 Å². The van der Waals surface area contributed by atoms with Crippen LogP contribution in [0.15, 0.2) is 114 Å². The number of thiol groups is 2. The van der Waals surface area contributed by atoms with Crippen LogP contribution >= 0.6 is 23.3 Å². The number of fused-ring (bicyclic) bond motifs is 9. The molecule has 0 saturated carbocycles. The Balaban J connectivity index is 0.000000364. The van der Waals surface area contributed by atoms with Crippen LogP contribution in [-0.2, 0) is 25.9 Å². The zero-order chi connectivity index (χ0) is 33.2. The van der Waals surface area contributed by atoms with Gasteiger partial charge in [0, 0.05) is 53.6 Å². The minimum atomic E-state index is 0.856. The summed E-state index contributed by atoms with van der Waals surface area (Å²) in [5.41, 5.74) is 12.4. The Morgan fingerprint density at radius 3 is 2.48 bits per heavy atom. The van der Waals surface area contributed by atoms with Crippen molar-refractivity contribution in [3.05, 3.63) is 121 Å². The van der Waals surface area contributed by atoms with E-state index in [1.54, 1.807) is 0 Å². The summed E-state index contributed by atoms with van der Waals surface area (Å²) in [6.45, 7) is 9.88. The molecule has 2 aliphatic heterocycles. The predicted molar refractivity (Wildman–Crippen MR) is 204 cm³/mol. The van der Waals surface area contributed by atoms with Crippen LogP contribution in [0.5, 0.6) is 0 Å². The van der Waals surface area contributed by atoms with Crippen LogP contribution in [0.1, 0.15) is 44.4 Å². The van der Waals surface area contributed by atoms with Gasteiger partial charge in [-0.1, -0.05) is 43.4 Å². The summed E-state index contributed by atoms with van der Waals surface area (Å²) in [6.07, 6.45) is 17.7. The fourth-order valence-electron chi connectivity index (χ4n) is 6.92. The third kappa shape index (κ3) is 5.75. The average molecular weight is 673 g/mol. The molecule has 9 heteroatoms. The summed E-state index contributed by atoms with van der Waals surface area (Å²) in [5, 5.41) is 12.1. The van der Waals surface area contributed by atoms with Gasteiger partial charge in [-0.25, -0.2) is 9.36 Å². The summed E-state index contributed by atoms with van der Waals surface area (Å²) in [4.78, 5) is 0. The van der Waals surface area contributed by atoms with Gasteiger partial charge in [-0.3, -0.25) is 0 Å². The highest BCUT2D eigenvalue weighted by Gasteiger charge is 2.22. The minimum Gasteiger partial charge on any atom is -0.454 e. The van der Waals surface area contributed by atoms with E-state index in [0.29, 0.717) is 0 Å². The second kappa shape index (κ2) is 13.9. The first-order valence-corrected chi connectivity index (χ1v) is 18.1. The number of hydrogen-bond acceptors (Lipinski definition) is 5. The molecule has 2 aliphatic rings. The molecule has 0 amide bonds. The monoisotopic (exact) mass is 672 g/mol. The molecule has 5 aromatic heterocycles. The molecular weight excluding hydrogens is 633 g/mol. The lowest BCUT2D eigenvalue weighted by molar-refractivity contribution is 0.645. The van der Waals surface area contributed by atoms with Crippen molar-refractivity contribution in [2.24, 2.45) is 0 Å². The average Bonchev–Trinajstić information content (AvgIpc) is 3.95. The number of allylic oxidation sites excluding steroid dienone is 3. The summed E-state index contributed by atoms with van der Waals surface area (Å²) < 4.78 is 15.2. The lowest BCUT2D eigenvalue weighted by Gasteiger charge is -2.08. The number of furan rings is 1. The van der Waals surface area contributed by atoms with Crippen molar-refractivity contribution in [3.8, 4) is 34.0 Å². The summed E-state index contributed by atoms with van der Waals surface area (Å²) >= 11 is 6.44. The highest BCUT2D eigenvalue weighted by atomic mass is 33.1. The molecule has 7 aromatic rings. The van der Waals surface area contributed by atoms with Crippen LogP contribution in [0.3, 0.4) is 0 Å². The van der Waals surface area contributed by atoms with E-state index in [2.05, 4.69) is 137 Å². The van der Waals surface area contributed by atoms with Crippen LogP contribution in [0.2, 0.25) is 0 Å². The summed E-state index contributed by atoms with van der Waals surface area (Å²) in [7, 11) is 0. The quantitative estimate of drug-likeness (QED) is 0.111. The SMILES string of the molecule is C=C/C=C(\C)CC.SS.c1cc(-n2cc3c(n2)-c2cccn2CCC3)c2oc3ccc(-n4ncc5c4CCCn4cccc4-5)cc3c2c1. The van der Waals surface area contributed by atoms with Crippen LogP contribution in [0.4, 0.5) is 0 Å². The molecule has 0 spiro atoms. The van der Waals surface area contributed by atoms with Crippen molar-refractivity contribution in [3.63, 3.8) is 0 Å². The third-order valence-electron chi connectivity index (χ3n) is 9.41. The first-order chi connectivity index (χ1) is 23.6. The highest BCUT2D eigenvalue weighted by molar-refractivity contribution is 8.59. The number of para-hydroxylation sites is 1. The number of aromatic nitrogens is 6. The Kier molecular flexibility index (Phi) is 9.23. The van der Waals surface area contributed by atoms with E-state index in [-0.39, 0.29) is 0 Å². The molecule has 7 nitrogen and oxygen atoms in total. The van der Waals surface area contributed by atoms with Gasteiger partial charge in [0.2, 0.25) is 0 Å². The van der Waals surface area contributed by atoms with Crippen molar-refractivity contribution in [1.29, 1.82) is 0 Å². The van der Waals surface area contributed by atoms with E-state index < -0.39 is 0 Å². The van der Waals surface area contributed by atoms with Gasteiger partial charge in [0.25, 0.3) is 0 Å². The molecule has 0 atom stereocenters. The van der Waals surface area contributed by atoms with Gasteiger partial charge < -0.3 is 13.6 Å². The van der Waals surface area contributed by atoms with Crippen LogP contribution < -0.4 is 0 Å². The normalized spacial score (nSPS) is 13.6. The molecular formula is C39H40N6OS2. The maximum atomic E-state index is 6.49. The second-order valence-corrected chi connectivity index (χ2v) is 12.3. The first kappa shape index (κ1) is 32.0. The zero-order valence-electron chi connectivity index (χ0n) is 27.4. The van der Waals surface area contributed by atoms with E-state index >= 15 is 0 Å². The molecule has 2 aromatic carbocycles. The fourth-order valence-corrected chi connectivity index (χ4v) is 6.92. The lowest BCUT2D eigenvalue weighted by atomic mass is 10.1. The molecule has 244 valence electrons. The Labute approximate surface area is 291 Å². The fraction of sp³-hybridized carbons (Fsp3) is 0.231. The molecule has 0 N–H and O–H groups in total. The summed E-state index contributed by atoms with van der Waals surface area (Å²) in [5.74, 6) is 0. The van der Waals surface area contributed by atoms with Crippen LogP contribution in [-0.4, -0.2) is 28.7 Å². The van der Waals surface area contributed by atoms with Crippen LogP contribution in [0.25, 0.3) is 56.0 Å². The second-order valence-electron chi connectivity index (χ2n) is 12.3. The van der Waals surface area contributed by atoms with Gasteiger partial charge in [0.05, 0.1) is 29.0 Å². The Morgan fingerprint density at radius 1 is 0.938 bits per heavy atom. The molecule has 0 saturated heterocycles. The van der Waals surface area contributed by atoms with Crippen molar-refractivity contribution in [1.82, 2.24) is 28.7 Å². The molecule has 0 radical (unpaired) electrons. The van der Waals surface area contributed by atoms with Gasteiger partial charge in [0.1, 0.15) is 17.0 Å². The molecule has 9 rings (SSSR count). The number of hydrogen-bond donors (Lipinski definition) is 2. The standard InChI is InChI=1S/C32H26N6O.C7H12.H2S2/c1-7-23-24-18-22(38-27-10-4-16-35-15-3-9-26(35)25(27)19-33-38)12-13-30(24)39-32(23)29(8-1)37-20-21-6-2-14-36-17-5-11-28(36)31(21)34-37;1-4-6-7(3)5-2;1-2/h1,3,5,7-9,11-13,15,17-20H,2,4,6,10,14,16H2;4,6H,1,5H2,2-3H3;1-2H/b;7-6+;. The molecule has 0 unspecified atom stereocenters. The van der Waals surface area contributed by atoms with Crippen molar-refractivity contribution >= 4 is 45.3 Å². The Bertz CT molecular complexity index is 2260. The van der Waals surface area contributed by atoms with Crippen molar-refractivity contribution < 1.29 is 4.42 Å². The molecule has 7 heterocycles. The predicted octanol–water partition coefficient (Wildman–Crippen LogP) is 10.1. The number of aryl methyl sites for hydroxylation is 3. The number of benzene rings is 2. The Morgan fingerprint density at radius 2 is 1.71 bits per heavy atom. The smallest absolute Gasteiger partial charge is 0.161 e. The Hall–Kier alpha value is -4.60. The highest BCUT2D eigenvalue weighted by Crippen LogP contribution is 2.37. The van der Waals surface area contributed by atoms with Crippen molar-refractivity contribution in [2.45, 2.75) is 59.0 Å². The van der Waals surface area contributed by atoms with E-state index in [0.717, 1.165) is 84.2 Å². The van der Waals surface area contributed by atoms with Crippen molar-refractivity contribution in [2.75, 3.05) is 0 Å². The largest absolute Gasteiger partial charge is 0.454 e. The maximum Gasteiger partial charge on any atom is 0.161 e.